The number of furan rings is 1. The highest BCUT2D eigenvalue weighted by atomic mass is 79.9. The summed E-state index contributed by atoms with van der Waals surface area (Å²) in [6.07, 6.45) is 1.59. The smallest absolute Gasteiger partial charge is 0.274 e. The molecular weight excluding hydrogens is 308 g/mol. The summed E-state index contributed by atoms with van der Waals surface area (Å²) in [7, 11) is 0. The number of benzene rings is 1. The number of hydrazone groups is 1. The van der Waals surface area contributed by atoms with Crippen molar-refractivity contribution in [1.82, 2.24) is 5.43 Å². The van der Waals surface area contributed by atoms with Crippen molar-refractivity contribution in [1.29, 1.82) is 0 Å². The Labute approximate surface area is 119 Å². The molecule has 5 heteroatoms. The highest BCUT2D eigenvalue weighted by molar-refractivity contribution is 9.10. The summed E-state index contributed by atoms with van der Waals surface area (Å²) in [5.41, 5.74) is 3.88. The van der Waals surface area contributed by atoms with E-state index in [-0.39, 0.29) is 5.91 Å². The molecule has 0 saturated carbocycles. The SMILES string of the molecule is Cc1cc(C(=O)N/N=C\c2cccc(Br)c2)c(C)o1. The summed E-state index contributed by atoms with van der Waals surface area (Å²) in [5.74, 6) is 1.02. The number of rotatable bonds is 3. The van der Waals surface area contributed by atoms with E-state index in [9.17, 15) is 4.79 Å². The summed E-state index contributed by atoms with van der Waals surface area (Å²) in [4.78, 5) is 11.8. The Morgan fingerprint density at radius 1 is 1.37 bits per heavy atom. The number of hydrogen-bond acceptors (Lipinski definition) is 3. The van der Waals surface area contributed by atoms with E-state index in [0.717, 1.165) is 10.0 Å². The second kappa shape index (κ2) is 5.84. The number of nitrogens with one attached hydrogen (secondary N) is 1. The molecule has 1 aromatic heterocycles. The first-order valence-electron chi connectivity index (χ1n) is 5.72. The fraction of sp³-hybridized carbons (Fsp3) is 0.143. The van der Waals surface area contributed by atoms with Gasteiger partial charge in [-0.3, -0.25) is 4.79 Å². The van der Waals surface area contributed by atoms with Crippen molar-refractivity contribution >= 4 is 28.1 Å². The fourth-order valence-corrected chi connectivity index (χ4v) is 2.09. The van der Waals surface area contributed by atoms with Crippen LogP contribution in [0.5, 0.6) is 0 Å². The molecule has 4 nitrogen and oxygen atoms in total. The Hall–Kier alpha value is -1.88. The average Bonchev–Trinajstić information content (AvgIpc) is 2.68. The molecule has 0 bridgehead atoms. The minimum atomic E-state index is -0.277. The van der Waals surface area contributed by atoms with Crippen LogP contribution in [0.4, 0.5) is 0 Å². The van der Waals surface area contributed by atoms with Gasteiger partial charge in [-0.1, -0.05) is 28.1 Å². The minimum Gasteiger partial charge on any atom is -0.466 e. The van der Waals surface area contributed by atoms with E-state index in [2.05, 4.69) is 26.5 Å². The lowest BCUT2D eigenvalue weighted by molar-refractivity contribution is 0.0953. The van der Waals surface area contributed by atoms with Crippen molar-refractivity contribution in [3.63, 3.8) is 0 Å². The van der Waals surface area contributed by atoms with Gasteiger partial charge >= 0.3 is 0 Å². The van der Waals surface area contributed by atoms with Crippen LogP contribution >= 0.6 is 15.9 Å². The maximum Gasteiger partial charge on any atom is 0.274 e. The lowest BCUT2D eigenvalue weighted by Gasteiger charge is -1.97. The Morgan fingerprint density at radius 2 is 2.16 bits per heavy atom. The Balaban J connectivity index is 2.03. The summed E-state index contributed by atoms with van der Waals surface area (Å²) in [6.45, 7) is 3.55. The van der Waals surface area contributed by atoms with Gasteiger partial charge in [0.25, 0.3) is 5.91 Å². The third kappa shape index (κ3) is 3.54. The summed E-state index contributed by atoms with van der Waals surface area (Å²) >= 11 is 3.37. The first kappa shape index (κ1) is 13.5. The van der Waals surface area contributed by atoms with Gasteiger partial charge in [0.1, 0.15) is 11.5 Å². The van der Waals surface area contributed by atoms with Gasteiger partial charge in [-0.25, -0.2) is 5.43 Å². The Kier molecular flexibility index (Phi) is 4.16. The summed E-state index contributed by atoms with van der Waals surface area (Å²) in [5, 5.41) is 3.92. The van der Waals surface area contributed by atoms with Crippen LogP contribution in [-0.4, -0.2) is 12.1 Å². The molecule has 0 aliphatic heterocycles. The van der Waals surface area contributed by atoms with Gasteiger partial charge in [-0.2, -0.15) is 5.10 Å². The van der Waals surface area contributed by atoms with Crippen LogP contribution in [0.3, 0.4) is 0 Å². The van der Waals surface area contributed by atoms with Crippen molar-refractivity contribution in [3.05, 3.63) is 57.5 Å². The van der Waals surface area contributed by atoms with Crippen LogP contribution in [0.25, 0.3) is 0 Å². The van der Waals surface area contributed by atoms with Gasteiger partial charge in [0.2, 0.25) is 0 Å². The first-order valence-corrected chi connectivity index (χ1v) is 6.51. The second-order valence-electron chi connectivity index (χ2n) is 4.08. The number of carbonyl (C=O) groups excluding carboxylic acids is 1. The minimum absolute atomic E-state index is 0.277. The summed E-state index contributed by atoms with van der Waals surface area (Å²) in [6, 6.07) is 9.32. The molecule has 2 rings (SSSR count). The normalized spacial score (nSPS) is 10.9. The average molecular weight is 321 g/mol. The number of nitrogens with zero attached hydrogens (tertiary/aromatic N) is 1. The number of halogens is 1. The molecule has 1 aromatic carbocycles. The molecule has 0 unspecified atom stereocenters. The molecule has 0 aliphatic carbocycles. The van der Waals surface area contributed by atoms with Crippen LogP contribution in [0.1, 0.15) is 27.4 Å². The molecule has 0 spiro atoms. The van der Waals surface area contributed by atoms with Gasteiger partial charge < -0.3 is 4.42 Å². The van der Waals surface area contributed by atoms with Gasteiger partial charge in [0, 0.05) is 4.47 Å². The zero-order valence-electron chi connectivity index (χ0n) is 10.6. The van der Waals surface area contributed by atoms with Gasteiger partial charge in [-0.15, -0.1) is 0 Å². The molecule has 0 atom stereocenters. The third-order valence-corrected chi connectivity index (χ3v) is 3.01. The first-order chi connectivity index (χ1) is 9.06. The van der Waals surface area contributed by atoms with E-state index in [1.165, 1.54) is 0 Å². The molecule has 1 amide bonds. The van der Waals surface area contributed by atoms with Gasteiger partial charge in [0.05, 0.1) is 11.8 Å². The molecule has 98 valence electrons. The largest absolute Gasteiger partial charge is 0.466 e. The monoisotopic (exact) mass is 320 g/mol. The van der Waals surface area contributed by atoms with E-state index >= 15 is 0 Å². The molecule has 0 saturated heterocycles. The highest BCUT2D eigenvalue weighted by Crippen LogP contribution is 2.13. The Morgan fingerprint density at radius 3 is 2.79 bits per heavy atom. The van der Waals surface area contributed by atoms with Crippen molar-refractivity contribution in [2.75, 3.05) is 0 Å². The molecule has 1 N–H and O–H groups in total. The molecule has 0 aliphatic rings. The maximum atomic E-state index is 11.8. The fourth-order valence-electron chi connectivity index (χ4n) is 1.67. The number of carbonyl (C=O) groups is 1. The topological polar surface area (TPSA) is 54.6 Å². The lowest BCUT2D eigenvalue weighted by Crippen LogP contribution is -2.17. The van der Waals surface area contributed by atoms with Crippen LogP contribution < -0.4 is 5.43 Å². The van der Waals surface area contributed by atoms with E-state index < -0.39 is 0 Å². The van der Waals surface area contributed by atoms with E-state index in [1.807, 2.05) is 24.3 Å². The predicted molar refractivity (Wildman–Crippen MR) is 77.4 cm³/mol. The van der Waals surface area contributed by atoms with Crippen molar-refractivity contribution in [2.24, 2.45) is 5.10 Å². The van der Waals surface area contributed by atoms with Crippen LogP contribution in [0.2, 0.25) is 0 Å². The van der Waals surface area contributed by atoms with Crippen molar-refractivity contribution in [2.45, 2.75) is 13.8 Å². The maximum absolute atomic E-state index is 11.8. The summed E-state index contributed by atoms with van der Waals surface area (Å²) < 4.78 is 6.26. The van der Waals surface area contributed by atoms with E-state index in [1.54, 1.807) is 26.1 Å². The van der Waals surface area contributed by atoms with Gasteiger partial charge in [0.15, 0.2) is 0 Å². The lowest BCUT2D eigenvalue weighted by atomic mass is 10.2. The molecular formula is C14H13BrN2O2. The Bertz CT molecular complexity index is 632. The van der Waals surface area contributed by atoms with Crippen LogP contribution in [0.15, 0.2) is 44.3 Å². The van der Waals surface area contributed by atoms with E-state index in [0.29, 0.717) is 17.1 Å². The number of aryl methyl sites for hydroxylation is 2. The molecule has 1 heterocycles. The van der Waals surface area contributed by atoms with Crippen molar-refractivity contribution in [3.8, 4) is 0 Å². The standard InChI is InChI=1S/C14H13BrN2O2/c1-9-6-13(10(2)19-9)14(18)17-16-8-11-4-3-5-12(15)7-11/h3-8H,1-2H3,(H,17,18)/b16-8-. The predicted octanol–water partition coefficient (Wildman–Crippen LogP) is 3.42. The van der Waals surface area contributed by atoms with Crippen LogP contribution in [0, 0.1) is 13.8 Å². The molecule has 0 radical (unpaired) electrons. The molecule has 19 heavy (non-hydrogen) atoms. The molecule has 2 aromatic rings. The second-order valence-corrected chi connectivity index (χ2v) is 5.00. The zero-order chi connectivity index (χ0) is 13.8. The van der Waals surface area contributed by atoms with Crippen LogP contribution in [-0.2, 0) is 0 Å². The zero-order valence-corrected chi connectivity index (χ0v) is 12.2. The van der Waals surface area contributed by atoms with E-state index in [4.69, 9.17) is 4.42 Å². The quantitative estimate of drug-likeness (QED) is 0.696. The number of amides is 1. The highest BCUT2D eigenvalue weighted by Gasteiger charge is 2.12. The molecule has 0 fully saturated rings. The van der Waals surface area contributed by atoms with Gasteiger partial charge in [-0.05, 0) is 37.6 Å². The third-order valence-electron chi connectivity index (χ3n) is 2.51. The van der Waals surface area contributed by atoms with Crippen molar-refractivity contribution < 1.29 is 9.21 Å². The number of hydrogen-bond donors (Lipinski definition) is 1.